The fourth-order valence-electron chi connectivity index (χ4n) is 1.39. The Bertz CT molecular complexity index is 369. The largest absolute Gasteiger partial charge is 0.493 e. The normalized spacial score (nSPS) is 13.5. The van der Waals surface area contributed by atoms with Crippen LogP contribution in [0.25, 0.3) is 0 Å². The van der Waals surface area contributed by atoms with Crippen LogP contribution in [-0.2, 0) is 0 Å². The first-order valence-corrected chi connectivity index (χ1v) is 6.41. The maximum Gasteiger partial charge on any atom is 0.126 e. The van der Waals surface area contributed by atoms with Gasteiger partial charge in [-0.25, -0.2) is 0 Å². The third-order valence-corrected chi connectivity index (χ3v) is 2.89. The summed E-state index contributed by atoms with van der Waals surface area (Å²) in [6.07, 6.45) is -0.0288. The second-order valence-electron chi connectivity index (χ2n) is 4.77. The van der Waals surface area contributed by atoms with Crippen molar-refractivity contribution in [1.29, 1.82) is 0 Å². The molecular weight excluding hydrogens is 284 g/mol. The Labute approximate surface area is 111 Å². The van der Waals surface area contributed by atoms with Crippen molar-refractivity contribution in [2.24, 2.45) is 0 Å². The molecule has 0 saturated carbocycles. The third kappa shape index (κ3) is 5.06. The molecule has 0 heterocycles. The predicted octanol–water partition coefficient (Wildman–Crippen LogP) is 3.04. The molecule has 0 aromatic heterocycles. The fourth-order valence-corrected chi connectivity index (χ4v) is 1.73. The number of aliphatic hydroxyl groups is 2. The molecule has 17 heavy (non-hydrogen) atoms. The number of benzene rings is 1. The summed E-state index contributed by atoms with van der Waals surface area (Å²) in [5, 5.41) is 19.2. The van der Waals surface area contributed by atoms with E-state index in [1.807, 2.05) is 18.2 Å². The monoisotopic (exact) mass is 302 g/mol. The van der Waals surface area contributed by atoms with Crippen molar-refractivity contribution in [3.63, 3.8) is 0 Å². The second kappa shape index (κ2) is 5.85. The first-order valence-electron chi connectivity index (χ1n) is 5.62. The zero-order chi connectivity index (χ0) is 13.1. The van der Waals surface area contributed by atoms with Crippen molar-refractivity contribution >= 4 is 15.9 Å². The molecule has 0 unspecified atom stereocenters. The van der Waals surface area contributed by atoms with E-state index in [0.29, 0.717) is 18.8 Å². The quantitative estimate of drug-likeness (QED) is 0.879. The van der Waals surface area contributed by atoms with Crippen molar-refractivity contribution in [1.82, 2.24) is 0 Å². The Kier molecular flexibility index (Phi) is 4.98. The van der Waals surface area contributed by atoms with Gasteiger partial charge in [0.1, 0.15) is 5.75 Å². The molecule has 0 aliphatic rings. The van der Waals surface area contributed by atoms with Gasteiger partial charge in [-0.2, -0.15) is 0 Å². The lowest BCUT2D eigenvalue weighted by atomic mass is 10.1. The van der Waals surface area contributed by atoms with Gasteiger partial charge >= 0.3 is 0 Å². The summed E-state index contributed by atoms with van der Waals surface area (Å²) >= 11 is 3.37. The molecule has 2 N–H and O–H groups in total. The van der Waals surface area contributed by atoms with Crippen LogP contribution in [0.15, 0.2) is 22.7 Å². The van der Waals surface area contributed by atoms with Gasteiger partial charge in [0.2, 0.25) is 0 Å². The molecule has 0 spiro atoms. The van der Waals surface area contributed by atoms with Crippen LogP contribution in [0.5, 0.6) is 5.75 Å². The van der Waals surface area contributed by atoms with Crippen molar-refractivity contribution in [3.05, 3.63) is 28.2 Å². The van der Waals surface area contributed by atoms with Gasteiger partial charge in [0.25, 0.3) is 0 Å². The molecule has 96 valence electrons. The molecule has 1 atom stereocenters. The average molecular weight is 303 g/mol. The van der Waals surface area contributed by atoms with Crippen LogP contribution in [0.2, 0.25) is 0 Å². The summed E-state index contributed by atoms with van der Waals surface area (Å²) in [5.41, 5.74) is 0.0146. The predicted molar refractivity (Wildman–Crippen MR) is 71.2 cm³/mol. The van der Waals surface area contributed by atoms with Gasteiger partial charge in [-0.1, -0.05) is 22.0 Å². The second-order valence-corrected chi connectivity index (χ2v) is 5.68. The molecule has 1 rings (SSSR count). The Morgan fingerprint density at radius 2 is 2.06 bits per heavy atom. The fraction of sp³-hybridized carbons (Fsp3) is 0.538. The lowest BCUT2D eigenvalue weighted by Gasteiger charge is -2.19. The van der Waals surface area contributed by atoms with E-state index in [4.69, 9.17) is 4.74 Å². The van der Waals surface area contributed by atoms with Crippen LogP contribution < -0.4 is 4.74 Å². The minimum Gasteiger partial charge on any atom is -0.493 e. The molecule has 0 radical (unpaired) electrons. The number of ether oxygens (including phenoxy) is 1. The van der Waals surface area contributed by atoms with Gasteiger partial charge in [0.05, 0.1) is 18.3 Å². The molecule has 4 heteroatoms. The minimum atomic E-state index is -0.739. The van der Waals surface area contributed by atoms with Gasteiger partial charge in [0, 0.05) is 16.5 Å². The van der Waals surface area contributed by atoms with Gasteiger partial charge in [-0.3, -0.25) is 0 Å². The topological polar surface area (TPSA) is 49.7 Å². The maximum atomic E-state index is 9.61. The Balaban J connectivity index is 2.72. The van der Waals surface area contributed by atoms with E-state index in [-0.39, 0.29) is 0 Å². The smallest absolute Gasteiger partial charge is 0.126 e. The van der Waals surface area contributed by atoms with E-state index in [9.17, 15) is 10.2 Å². The maximum absolute atomic E-state index is 9.61. The Morgan fingerprint density at radius 1 is 1.41 bits per heavy atom. The first kappa shape index (κ1) is 14.5. The van der Waals surface area contributed by atoms with Crippen LogP contribution >= 0.6 is 15.9 Å². The standard InChI is InChI=1S/C13H19BrO3/c1-9(15)11-5-4-10(14)8-12(11)17-7-6-13(2,3)16/h4-5,8-9,15-16H,6-7H2,1-3H3/t9-/m1/s1. The number of hydrogen-bond acceptors (Lipinski definition) is 3. The van der Waals surface area contributed by atoms with E-state index < -0.39 is 11.7 Å². The molecule has 0 amide bonds. The highest BCUT2D eigenvalue weighted by molar-refractivity contribution is 9.10. The molecule has 0 aliphatic carbocycles. The van der Waals surface area contributed by atoms with Gasteiger partial charge in [0.15, 0.2) is 0 Å². The molecule has 1 aromatic rings. The van der Waals surface area contributed by atoms with Crippen LogP contribution in [0.3, 0.4) is 0 Å². The highest BCUT2D eigenvalue weighted by Gasteiger charge is 2.14. The van der Waals surface area contributed by atoms with Crippen LogP contribution in [0.1, 0.15) is 38.9 Å². The lowest BCUT2D eigenvalue weighted by Crippen LogP contribution is -2.22. The number of halogens is 1. The van der Waals surface area contributed by atoms with Gasteiger partial charge < -0.3 is 14.9 Å². The molecule has 0 bridgehead atoms. The van der Waals surface area contributed by atoms with Crippen molar-refractivity contribution in [2.75, 3.05) is 6.61 Å². The van der Waals surface area contributed by atoms with Crippen LogP contribution in [0.4, 0.5) is 0 Å². The van der Waals surface area contributed by atoms with Crippen molar-refractivity contribution < 1.29 is 14.9 Å². The molecular formula is C13H19BrO3. The van der Waals surface area contributed by atoms with E-state index >= 15 is 0 Å². The van der Waals surface area contributed by atoms with Crippen LogP contribution in [0, 0.1) is 0 Å². The average Bonchev–Trinajstić information content (AvgIpc) is 2.15. The summed E-state index contributed by atoms with van der Waals surface area (Å²) < 4.78 is 6.51. The minimum absolute atomic E-state index is 0.416. The molecule has 3 nitrogen and oxygen atoms in total. The highest BCUT2D eigenvalue weighted by Crippen LogP contribution is 2.29. The Morgan fingerprint density at radius 3 is 2.59 bits per heavy atom. The number of rotatable bonds is 5. The third-order valence-electron chi connectivity index (χ3n) is 2.40. The molecule has 0 aliphatic heterocycles. The zero-order valence-electron chi connectivity index (χ0n) is 10.4. The van der Waals surface area contributed by atoms with Crippen molar-refractivity contribution in [2.45, 2.75) is 38.9 Å². The summed E-state index contributed by atoms with van der Waals surface area (Å²) in [6.45, 7) is 5.60. The van der Waals surface area contributed by atoms with E-state index in [1.54, 1.807) is 20.8 Å². The summed E-state index contributed by atoms with van der Waals surface area (Å²) in [7, 11) is 0. The zero-order valence-corrected chi connectivity index (χ0v) is 12.0. The molecule has 1 aromatic carbocycles. The molecule has 0 fully saturated rings. The highest BCUT2D eigenvalue weighted by atomic mass is 79.9. The van der Waals surface area contributed by atoms with Gasteiger partial charge in [-0.15, -0.1) is 0 Å². The summed E-state index contributed by atoms with van der Waals surface area (Å²) in [5.74, 6) is 0.652. The molecule has 0 saturated heterocycles. The lowest BCUT2D eigenvalue weighted by molar-refractivity contribution is 0.0548. The summed E-state index contributed by atoms with van der Waals surface area (Å²) in [6, 6.07) is 5.52. The Hall–Kier alpha value is -0.580. The number of aliphatic hydroxyl groups excluding tert-OH is 1. The number of hydrogen-bond donors (Lipinski definition) is 2. The SMILES string of the molecule is C[C@@H](O)c1ccc(Br)cc1OCCC(C)(C)O. The summed E-state index contributed by atoms with van der Waals surface area (Å²) in [4.78, 5) is 0. The van der Waals surface area contributed by atoms with Gasteiger partial charge in [-0.05, 0) is 32.9 Å². The van der Waals surface area contributed by atoms with E-state index in [0.717, 1.165) is 10.0 Å². The van der Waals surface area contributed by atoms with Crippen LogP contribution in [-0.4, -0.2) is 22.4 Å². The van der Waals surface area contributed by atoms with E-state index in [2.05, 4.69) is 15.9 Å². The van der Waals surface area contributed by atoms with E-state index in [1.165, 1.54) is 0 Å². The first-order chi connectivity index (χ1) is 7.79. The van der Waals surface area contributed by atoms with Crippen molar-refractivity contribution in [3.8, 4) is 5.75 Å².